The number of phenolic OH excluding ortho intramolecular Hbond substituents is 4. The van der Waals surface area contributed by atoms with Crippen molar-refractivity contribution >= 4 is 0 Å². The molecule has 0 fully saturated rings. The smallest absolute Gasteiger partial charge is 0.115 e. The SMILES string of the molecule is Oc1cccc(CC[C@H](Cc2cccc(O)c2)[C@@H](Cc2cccc(O)c2)c2cccc(O)c2)c1. The number of aryl methyl sites for hydroxylation is 1. The maximum Gasteiger partial charge on any atom is 0.115 e. The zero-order valence-corrected chi connectivity index (χ0v) is 19.0. The summed E-state index contributed by atoms with van der Waals surface area (Å²) in [7, 11) is 0. The Hall–Kier alpha value is -3.92. The third kappa shape index (κ3) is 6.32. The van der Waals surface area contributed by atoms with Crippen LogP contribution in [0.2, 0.25) is 0 Å². The van der Waals surface area contributed by atoms with Crippen LogP contribution in [0.25, 0.3) is 0 Å². The molecule has 2 atom stereocenters. The summed E-state index contributed by atoms with van der Waals surface area (Å²) in [4.78, 5) is 0. The first-order chi connectivity index (χ1) is 16.5. The van der Waals surface area contributed by atoms with Gasteiger partial charge in [0.05, 0.1) is 0 Å². The minimum Gasteiger partial charge on any atom is -0.508 e. The predicted molar refractivity (Wildman–Crippen MR) is 134 cm³/mol. The minimum atomic E-state index is 0.0635. The van der Waals surface area contributed by atoms with Gasteiger partial charge in [-0.25, -0.2) is 0 Å². The van der Waals surface area contributed by atoms with Crippen LogP contribution in [0.3, 0.4) is 0 Å². The summed E-state index contributed by atoms with van der Waals surface area (Å²) in [6, 6.07) is 29.4. The summed E-state index contributed by atoms with van der Waals surface area (Å²) in [6.07, 6.45) is 3.07. The lowest BCUT2D eigenvalue weighted by atomic mass is 9.76. The van der Waals surface area contributed by atoms with Crippen molar-refractivity contribution in [1.29, 1.82) is 0 Å². The van der Waals surface area contributed by atoms with Crippen LogP contribution in [0, 0.1) is 5.92 Å². The number of hydrogen-bond donors (Lipinski definition) is 4. The van der Waals surface area contributed by atoms with Crippen LogP contribution in [-0.2, 0) is 19.3 Å². The lowest BCUT2D eigenvalue weighted by molar-refractivity contribution is 0.385. The van der Waals surface area contributed by atoms with Crippen molar-refractivity contribution in [2.24, 2.45) is 5.92 Å². The van der Waals surface area contributed by atoms with E-state index < -0.39 is 0 Å². The molecule has 0 aliphatic rings. The Bertz CT molecular complexity index is 1230. The summed E-state index contributed by atoms with van der Waals surface area (Å²) in [5.41, 5.74) is 4.16. The minimum absolute atomic E-state index is 0.0635. The van der Waals surface area contributed by atoms with Crippen LogP contribution >= 0.6 is 0 Å². The quantitative estimate of drug-likeness (QED) is 0.238. The van der Waals surface area contributed by atoms with E-state index in [0.717, 1.165) is 41.5 Å². The highest BCUT2D eigenvalue weighted by molar-refractivity contribution is 5.35. The molecule has 0 saturated heterocycles. The average molecular weight is 455 g/mol. The van der Waals surface area contributed by atoms with Gasteiger partial charge in [0.25, 0.3) is 0 Å². The van der Waals surface area contributed by atoms with Crippen molar-refractivity contribution in [3.05, 3.63) is 119 Å². The van der Waals surface area contributed by atoms with Gasteiger partial charge in [-0.05, 0) is 108 Å². The van der Waals surface area contributed by atoms with E-state index in [1.165, 1.54) is 0 Å². The first kappa shape index (κ1) is 23.2. The molecule has 0 aliphatic heterocycles. The number of rotatable bonds is 9. The van der Waals surface area contributed by atoms with Gasteiger partial charge in [-0.3, -0.25) is 0 Å². The lowest BCUT2D eigenvalue weighted by Gasteiger charge is -2.29. The van der Waals surface area contributed by atoms with Crippen molar-refractivity contribution in [3.63, 3.8) is 0 Å². The highest BCUT2D eigenvalue weighted by Crippen LogP contribution is 2.36. The van der Waals surface area contributed by atoms with E-state index >= 15 is 0 Å². The molecule has 0 spiro atoms. The Labute approximate surface area is 200 Å². The molecule has 0 aromatic heterocycles. The molecule has 0 bridgehead atoms. The molecule has 4 rings (SSSR count). The summed E-state index contributed by atoms with van der Waals surface area (Å²) in [5, 5.41) is 40.2. The molecular formula is C30H30O4. The number of benzene rings is 4. The Balaban J connectivity index is 1.70. The highest BCUT2D eigenvalue weighted by atomic mass is 16.3. The van der Waals surface area contributed by atoms with Gasteiger partial charge in [0, 0.05) is 0 Å². The van der Waals surface area contributed by atoms with Gasteiger partial charge in [-0.15, -0.1) is 0 Å². The molecule has 34 heavy (non-hydrogen) atoms. The van der Waals surface area contributed by atoms with E-state index in [2.05, 4.69) is 0 Å². The number of aromatic hydroxyl groups is 4. The molecule has 4 nitrogen and oxygen atoms in total. The predicted octanol–water partition coefficient (Wildman–Crippen LogP) is 6.33. The second-order valence-electron chi connectivity index (χ2n) is 8.92. The van der Waals surface area contributed by atoms with Crippen LogP contribution < -0.4 is 0 Å². The molecule has 0 unspecified atom stereocenters. The van der Waals surface area contributed by atoms with E-state index in [-0.39, 0.29) is 34.8 Å². The number of hydrogen-bond acceptors (Lipinski definition) is 4. The Kier molecular flexibility index (Phi) is 7.38. The first-order valence-electron chi connectivity index (χ1n) is 11.6. The van der Waals surface area contributed by atoms with E-state index in [1.807, 2.05) is 54.6 Å². The normalized spacial score (nSPS) is 12.8. The summed E-state index contributed by atoms with van der Waals surface area (Å²) in [5.74, 6) is 1.19. The molecule has 0 heterocycles. The average Bonchev–Trinajstić information content (AvgIpc) is 2.80. The summed E-state index contributed by atoms with van der Waals surface area (Å²) < 4.78 is 0. The monoisotopic (exact) mass is 454 g/mol. The van der Waals surface area contributed by atoms with Gasteiger partial charge in [0.1, 0.15) is 23.0 Å². The second-order valence-corrected chi connectivity index (χ2v) is 8.92. The first-order valence-corrected chi connectivity index (χ1v) is 11.6. The summed E-state index contributed by atoms with van der Waals surface area (Å²) in [6.45, 7) is 0. The second kappa shape index (κ2) is 10.8. The molecule has 0 radical (unpaired) electrons. The third-order valence-corrected chi connectivity index (χ3v) is 6.36. The van der Waals surface area contributed by atoms with Gasteiger partial charge in [0.2, 0.25) is 0 Å². The van der Waals surface area contributed by atoms with Crippen LogP contribution in [0.4, 0.5) is 0 Å². The Morgan fingerprint density at radius 1 is 0.500 bits per heavy atom. The summed E-state index contributed by atoms with van der Waals surface area (Å²) >= 11 is 0. The zero-order chi connectivity index (χ0) is 23.9. The highest BCUT2D eigenvalue weighted by Gasteiger charge is 2.25. The number of phenols is 4. The van der Waals surface area contributed by atoms with Gasteiger partial charge in [-0.1, -0.05) is 48.5 Å². The largest absolute Gasteiger partial charge is 0.508 e. The molecule has 4 aromatic rings. The molecule has 4 aromatic carbocycles. The van der Waals surface area contributed by atoms with Crippen molar-refractivity contribution in [2.75, 3.05) is 0 Å². The molecule has 174 valence electrons. The third-order valence-electron chi connectivity index (χ3n) is 6.36. The van der Waals surface area contributed by atoms with E-state index in [0.29, 0.717) is 6.42 Å². The van der Waals surface area contributed by atoms with Crippen LogP contribution in [0.15, 0.2) is 97.1 Å². The zero-order valence-electron chi connectivity index (χ0n) is 19.0. The topological polar surface area (TPSA) is 80.9 Å². The lowest BCUT2D eigenvalue weighted by Crippen LogP contribution is -2.19. The maximum absolute atomic E-state index is 10.2. The van der Waals surface area contributed by atoms with Crippen molar-refractivity contribution < 1.29 is 20.4 Å². The Morgan fingerprint density at radius 2 is 0.971 bits per heavy atom. The fourth-order valence-corrected chi connectivity index (χ4v) is 4.75. The van der Waals surface area contributed by atoms with Crippen LogP contribution in [0.5, 0.6) is 23.0 Å². The fraction of sp³-hybridized carbons (Fsp3) is 0.200. The molecule has 4 N–H and O–H groups in total. The van der Waals surface area contributed by atoms with Gasteiger partial charge >= 0.3 is 0 Å². The van der Waals surface area contributed by atoms with Crippen molar-refractivity contribution in [1.82, 2.24) is 0 Å². The maximum atomic E-state index is 10.2. The van der Waals surface area contributed by atoms with Gasteiger partial charge in [-0.2, -0.15) is 0 Å². The van der Waals surface area contributed by atoms with E-state index in [9.17, 15) is 20.4 Å². The van der Waals surface area contributed by atoms with Crippen LogP contribution in [0.1, 0.15) is 34.6 Å². The standard InChI is InChI=1S/C30H30O4/c31-26-9-1-5-21(16-26)13-14-25(15-22-6-2-10-27(32)17-22)30(24-8-4-12-29(34)20-24)19-23-7-3-11-28(33)18-23/h1-12,16-18,20,25,30-34H,13-15,19H2/t25-,30+/m1/s1. The van der Waals surface area contributed by atoms with Gasteiger partial charge < -0.3 is 20.4 Å². The molecule has 0 aliphatic carbocycles. The van der Waals surface area contributed by atoms with E-state index in [4.69, 9.17) is 0 Å². The van der Waals surface area contributed by atoms with Crippen molar-refractivity contribution in [2.45, 2.75) is 31.6 Å². The van der Waals surface area contributed by atoms with Crippen LogP contribution in [-0.4, -0.2) is 20.4 Å². The Morgan fingerprint density at radius 3 is 1.53 bits per heavy atom. The van der Waals surface area contributed by atoms with Crippen molar-refractivity contribution in [3.8, 4) is 23.0 Å². The molecule has 0 amide bonds. The van der Waals surface area contributed by atoms with Gasteiger partial charge in [0.15, 0.2) is 0 Å². The van der Waals surface area contributed by atoms with E-state index in [1.54, 1.807) is 42.5 Å². The molecule has 4 heteroatoms. The molecular weight excluding hydrogens is 424 g/mol. The fourth-order valence-electron chi connectivity index (χ4n) is 4.75. The molecule has 0 saturated carbocycles.